The molecule has 0 aliphatic heterocycles. The van der Waals surface area contributed by atoms with Gasteiger partial charge in [-0.25, -0.2) is 9.66 Å². The third kappa shape index (κ3) is 2.37. The monoisotopic (exact) mass is 213 g/mol. The zero-order valence-electron chi connectivity index (χ0n) is 9.54. The molecule has 0 fully saturated rings. The molecule has 2 rings (SSSR count). The molecule has 82 valence electrons. The van der Waals surface area contributed by atoms with Crippen LogP contribution in [-0.4, -0.2) is 15.9 Å². The molecular formula is C13H15N3. The van der Waals surface area contributed by atoms with E-state index in [1.54, 1.807) is 6.20 Å². The van der Waals surface area contributed by atoms with E-state index in [-0.39, 0.29) is 0 Å². The van der Waals surface area contributed by atoms with Crippen LogP contribution in [0.15, 0.2) is 47.8 Å². The summed E-state index contributed by atoms with van der Waals surface area (Å²) in [6.07, 6.45) is 5.49. The lowest BCUT2D eigenvalue weighted by Gasteiger charge is -2.03. The maximum absolute atomic E-state index is 4.39. The molecule has 2 aromatic rings. The van der Waals surface area contributed by atoms with Gasteiger partial charge in [0, 0.05) is 18.3 Å². The van der Waals surface area contributed by atoms with Gasteiger partial charge in [-0.15, -0.1) is 0 Å². The van der Waals surface area contributed by atoms with Crippen molar-refractivity contribution in [3.63, 3.8) is 0 Å². The van der Waals surface area contributed by atoms with Crippen molar-refractivity contribution in [1.29, 1.82) is 0 Å². The van der Waals surface area contributed by atoms with E-state index in [4.69, 9.17) is 0 Å². The molecular weight excluding hydrogens is 198 g/mol. The predicted molar refractivity (Wildman–Crippen MR) is 65.8 cm³/mol. The van der Waals surface area contributed by atoms with Gasteiger partial charge in [-0.1, -0.05) is 44.2 Å². The summed E-state index contributed by atoms with van der Waals surface area (Å²) in [6, 6.07) is 10.0. The Labute approximate surface area is 95.5 Å². The molecule has 0 radical (unpaired) electrons. The van der Waals surface area contributed by atoms with E-state index in [0.29, 0.717) is 5.92 Å². The quantitative estimate of drug-likeness (QED) is 0.721. The van der Waals surface area contributed by atoms with Gasteiger partial charge in [0.15, 0.2) is 0 Å². The molecule has 0 aliphatic carbocycles. The number of hydrogen-bond acceptors (Lipinski definition) is 2. The summed E-state index contributed by atoms with van der Waals surface area (Å²) in [4.78, 5) is 4.28. The minimum absolute atomic E-state index is 0.378. The second kappa shape index (κ2) is 4.75. The van der Waals surface area contributed by atoms with Crippen LogP contribution in [0, 0.1) is 0 Å². The first-order chi connectivity index (χ1) is 7.77. The fourth-order valence-electron chi connectivity index (χ4n) is 1.49. The third-order valence-corrected chi connectivity index (χ3v) is 2.30. The predicted octanol–water partition coefficient (Wildman–Crippen LogP) is 2.89. The molecule has 1 aromatic heterocycles. The number of rotatable bonds is 3. The van der Waals surface area contributed by atoms with Crippen LogP contribution >= 0.6 is 0 Å². The number of benzene rings is 1. The molecule has 0 bridgehead atoms. The largest absolute Gasteiger partial charge is 0.239 e. The Hall–Kier alpha value is -1.90. The molecule has 3 heteroatoms. The summed E-state index contributed by atoms with van der Waals surface area (Å²) in [5.74, 6) is 1.36. The van der Waals surface area contributed by atoms with Gasteiger partial charge in [0.25, 0.3) is 0 Å². The second-order valence-corrected chi connectivity index (χ2v) is 3.94. The van der Waals surface area contributed by atoms with Gasteiger partial charge in [-0.3, -0.25) is 0 Å². The summed E-state index contributed by atoms with van der Waals surface area (Å²) >= 11 is 0. The zero-order chi connectivity index (χ0) is 11.4. The Kier molecular flexibility index (Phi) is 3.15. The highest BCUT2D eigenvalue weighted by molar-refractivity contribution is 5.79. The van der Waals surface area contributed by atoms with E-state index >= 15 is 0 Å². The SMILES string of the molecule is CC(C)c1nccn1N=Cc1ccccc1. The molecule has 16 heavy (non-hydrogen) atoms. The lowest BCUT2D eigenvalue weighted by Crippen LogP contribution is -1.99. The highest BCUT2D eigenvalue weighted by atomic mass is 15.4. The Morgan fingerprint density at radius 1 is 1.25 bits per heavy atom. The van der Waals surface area contributed by atoms with E-state index in [1.807, 2.05) is 47.4 Å². The molecule has 0 amide bonds. The third-order valence-electron chi connectivity index (χ3n) is 2.30. The van der Waals surface area contributed by atoms with Crippen LogP contribution in [0.25, 0.3) is 0 Å². The van der Waals surface area contributed by atoms with Gasteiger partial charge in [0.2, 0.25) is 0 Å². The average Bonchev–Trinajstić information content (AvgIpc) is 2.76. The molecule has 0 N–H and O–H groups in total. The molecule has 0 spiro atoms. The summed E-state index contributed by atoms with van der Waals surface area (Å²) in [5, 5.41) is 4.39. The fourth-order valence-corrected chi connectivity index (χ4v) is 1.49. The Bertz CT molecular complexity index is 469. The summed E-state index contributed by atoms with van der Waals surface area (Å²) < 4.78 is 1.82. The molecule has 0 saturated heterocycles. The Morgan fingerprint density at radius 2 is 2.00 bits per heavy atom. The molecule has 0 saturated carbocycles. The second-order valence-electron chi connectivity index (χ2n) is 3.94. The first-order valence-corrected chi connectivity index (χ1v) is 5.40. The van der Waals surface area contributed by atoms with Crippen molar-refractivity contribution >= 4 is 6.21 Å². The highest BCUT2D eigenvalue weighted by Gasteiger charge is 2.04. The normalized spacial score (nSPS) is 11.4. The zero-order valence-corrected chi connectivity index (χ0v) is 9.54. The van der Waals surface area contributed by atoms with Crippen LogP contribution in [0.3, 0.4) is 0 Å². The van der Waals surface area contributed by atoms with E-state index in [2.05, 4.69) is 23.9 Å². The van der Waals surface area contributed by atoms with Crippen molar-refractivity contribution in [3.8, 4) is 0 Å². The van der Waals surface area contributed by atoms with Gasteiger partial charge >= 0.3 is 0 Å². The van der Waals surface area contributed by atoms with E-state index < -0.39 is 0 Å². The van der Waals surface area contributed by atoms with E-state index in [1.165, 1.54) is 0 Å². The van der Waals surface area contributed by atoms with Gasteiger partial charge < -0.3 is 0 Å². The molecule has 3 nitrogen and oxygen atoms in total. The van der Waals surface area contributed by atoms with Gasteiger partial charge in [-0.2, -0.15) is 5.10 Å². The number of imidazole rings is 1. The van der Waals surface area contributed by atoms with Crippen molar-refractivity contribution in [2.75, 3.05) is 0 Å². The summed E-state index contributed by atoms with van der Waals surface area (Å²) in [6.45, 7) is 4.22. The standard InChI is InChI=1S/C13H15N3/c1-11(2)13-14-8-9-16(13)15-10-12-6-4-3-5-7-12/h3-11H,1-2H3. The molecule has 1 heterocycles. The molecule has 1 aromatic carbocycles. The molecule has 0 unspecified atom stereocenters. The van der Waals surface area contributed by atoms with Gasteiger partial charge in [0.05, 0.1) is 6.21 Å². The van der Waals surface area contributed by atoms with Gasteiger partial charge in [0.1, 0.15) is 5.82 Å². The van der Waals surface area contributed by atoms with Crippen LogP contribution in [-0.2, 0) is 0 Å². The van der Waals surface area contributed by atoms with Crippen molar-refractivity contribution in [1.82, 2.24) is 9.66 Å². The first kappa shape index (κ1) is 10.6. The average molecular weight is 213 g/mol. The number of hydrogen-bond donors (Lipinski definition) is 0. The lowest BCUT2D eigenvalue weighted by atomic mass is 10.2. The van der Waals surface area contributed by atoms with Crippen LogP contribution in [0.5, 0.6) is 0 Å². The first-order valence-electron chi connectivity index (χ1n) is 5.40. The molecule has 0 aliphatic rings. The van der Waals surface area contributed by atoms with Crippen molar-refractivity contribution in [2.45, 2.75) is 19.8 Å². The Morgan fingerprint density at radius 3 is 2.69 bits per heavy atom. The summed E-state index contributed by atoms with van der Waals surface area (Å²) in [7, 11) is 0. The summed E-state index contributed by atoms with van der Waals surface area (Å²) in [5.41, 5.74) is 1.09. The topological polar surface area (TPSA) is 30.2 Å². The fraction of sp³-hybridized carbons (Fsp3) is 0.231. The van der Waals surface area contributed by atoms with Crippen LogP contribution in [0.2, 0.25) is 0 Å². The van der Waals surface area contributed by atoms with Crippen molar-refractivity contribution < 1.29 is 0 Å². The van der Waals surface area contributed by atoms with Crippen LogP contribution < -0.4 is 0 Å². The maximum atomic E-state index is 4.39. The van der Waals surface area contributed by atoms with E-state index in [9.17, 15) is 0 Å². The van der Waals surface area contributed by atoms with Crippen molar-refractivity contribution in [2.24, 2.45) is 5.10 Å². The smallest absolute Gasteiger partial charge is 0.132 e. The molecule has 0 atom stereocenters. The van der Waals surface area contributed by atoms with Gasteiger partial charge in [-0.05, 0) is 5.56 Å². The lowest BCUT2D eigenvalue weighted by molar-refractivity contribution is 0.701. The Balaban J connectivity index is 2.21. The highest BCUT2D eigenvalue weighted by Crippen LogP contribution is 2.11. The minimum Gasteiger partial charge on any atom is -0.239 e. The number of aromatic nitrogens is 2. The maximum Gasteiger partial charge on any atom is 0.132 e. The van der Waals surface area contributed by atoms with Crippen molar-refractivity contribution in [3.05, 3.63) is 54.1 Å². The van der Waals surface area contributed by atoms with E-state index in [0.717, 1.165) is 11.4 Å². The minimum atomic E-state index is 0.378. The van der Waals surface area contributed by atoms with Crippen LogP contribution in [0.1, 0.15) is 31.2 Å². The number of nitrogens with zero attached hydrogens (tertiary/aromatic N) is 3. The van der Waals surface area contributed by atoms with Crippen LogP contribution in [0.4, 0.5) is 0 Å².